The summed E-state index contributed by atoms with van der Waals surface area (Å²) in [4.78, 5) is 11.6. The third kappa shape index (κ3) is 4.48. The van der Waals surface area contributed by atoms with Crippen molar-refractivity contribution in [3.8, 4) is 11.5 Å². The molecule has 0 heterocycles. The average Bonchev–Trinajstić information content (AvgIpc) is 2.60. The number of hydrogen-bond donors (Lipinski definition) is 0. The predicted molar refractivity (Wildman–Crippen MR) is 94.0 cm³/mol. The molecule has 27 heavy (non-hydrogen) atoms. The molecule has 0 N–H and O–H groups in total. The topological polar surface area (TPSA) is 35.5 Å². The fraction of sp³-hybridized carbons (Fsp3) is 0.118. The van der Waals surface area contributed by atoms with Crippen molar-refractivity contribution in [1.29, 1.82) is 0 Å². The lowest BCUT2D eigenvalue weighted by atomic mass is 10.1. The van der Waals surface area contributed by atoms with Crippen LogP contribution in [-0.4, -0.2) is 13.1 Å². The van der Waals surface area contributed by atoms with Gasteiger partial charge in [0.15, 0.2) is 11.6 Å². The van der Waals surface area contributed by atoms with Crippen molar-refractivity contribution < 1.29 is 31.8 Å². The van der Waals surface area contributed by atoms with E-state index in [9.17, 15) is 22.4 Å². The van der Waals surface area contributed by atoms with Gasteiger partial charge in [0.1, 0.15) is 10.8 Å². The molecule has 144 valence electrons. The van der Waals surface area contributed by atoms with Gasteiger partial charge in [-0.25, -0.2) is 9.18 Å². The summed E-state index contributed by atoms with van der Waals surface area (Å²) >= 11 is 17.4. The van der Waals surface area contributed by atoms with E-state index in [0.29, 0.717) is 6.07 Å². The molecule has 0 fully saturated rings. The minimum absolute atomic E-state index is 0.0255. The normalized spacial score (nSPS) is 11.3. The highest BCUT2D eigenvalue weighted by molar-refractivity contribution is 6.37. The van der Waals surface area contributed by atoms with Crippen LogP contribution in [0, 0.1) is 5.82 Å². The van der Waals surface area contributed by atoms with Gasteiger partial charge in [-0.3, -0.25) is 0 Å². The summed E-state index contributed by atoms with van der Waals surface area (Å²) < 4.78 is 62.2. The molecule has 0 bridgehead atoms. The standard InChI is InChI=1S/C17H9Cl3F4O3/c1-7(16(25)26-2)9-5-8(3-4-11(9)18)27-15-12(19)6-10(17(22,23)24)14(21)13(15)20/h3-6H,1H2,2H3. The van der Waals surface area contributed by atoms with Crippen molar-refractivity contribution >= 4 is 46.3 Å². The number of carbonyl (C=O) groups is 1. The Balaban J connectivity index is 2.48. The largest absolute Gasteiger partial charge is 0.465 e. The summed E-state index contributed by atoms with van der Waals surface area (Å²) in [6.45, 7) is 3.54. The number of methoxy groups -OCH3 is 1. The molecule has 0 amide bonds. The minimum Gasteiger partial charge on any atom is -0.465 e. The van der Waals surface area contributed by atoms with Crippen LogP contribution in [0.4, 0.5) is 17.6 Å². The number of halogens is 7. The monoisotopic (exact) mass is 442 g/mol. The molecule has 0 atom stereocenters. The molecule has 0 aliphatic rings. The molecule has 0 radical (unpaired) electrons. The van der Waals surface area contributed by atoms with Gasteiger partial charge in [0.05, 0.1) is 23.3 Å². The van der Waals surface area contributed by atoms with Gasteiger partial charge in [-0.1, -0.05) is 41.4 Å². The first-order valence-corrected chi connectivity index (χ1v) is 8.10. The number of ether oxygens (including phenoxy) is 2. The van der Waals surface area contributed by atoms with Gasteiger partial charge in [0.25, 0.3) is 0 Å². The number of carbonyl (C=O) groups excluding carboxylic acids is 1. The van der Waals surface area contributed by atoms with E-state index in [1.54, 1.807) is 0 Å². The summed E-state index contributed by atoms with van der Waals surface area (Å²) in [6.07, 6.45) is -4.98. The van der Waals surface area contributed by atoms with Gasteiger partial charge in [0, 0.05) is 10.6 Å². The van der Waals surface area contributed by atoms with Crippen molar-refractivity contribution in [3.05, 3.63) is 62.9 Å². The van der Waals surface area contributed by atoms with E-state index in [1.807, 2.05) is 0 Å². The van der Waals surface area contributed by atoms with E-state index in [-0.39, 0.29) is 21.9 Å². The van der Waals surface area contributed by atoms with Crippen molar-refractivity contribution in [2.24, 2.45) is 0 Å². The molecule has 0 saturated carbocycles. The summed E-state index contributed by atoms with van der Waals surface area (Å²) in [5, 5.41) is -1.37. The quantitative estimate of drug-likeness (QED) is 0.226. The fourth-order valence-electron chi connectivity index (χ4n) is 2.03. The van der Waals surface area contributed by atoms with E-state index >= 15 is 0 Å². The molecule has 0 aromatic heterocycles. The molecule has 0 aliphatic carbocycles. The number of rotatable bonds is 4. The minimum atomic E-state index is -4.98. The van der Waals surface area contributed by atoms with Crippen LogP contribution in [0.5, 0.6) is 11.5 Å². The number of hydrogen-bond acceptors (Lipinski definition) is 3. The third-order valence-electron chi connectivity index (χ3n) is 3.34. The van der Waals surface area contributed by atoms with Crippen LogP contribution in [0.15, 0.2) is 30.8 Å². The fourth-order valence-corrected chi connectivity index (χ4v) is 2.79. The first-order valence-electron chi connectivity index (χ1n) is 6.97. The second-order valence-corrected chi connectivity index (χ2v) is 6.27. The predicted octanol–water partition coefficient (Wildman–Crippen LogP) is 6.78. The summed E-state index contributed by atoms with van der Waals surface area (Å²) in [6, 6.07) is 4.27. The highest BCUT2D eigenvalue weighted by atomic mass is 35.5. The second kappa shape index (κ2) is 7.96. The Morgan fingerprint density at radius 1 is 1.11 bits per heavy atom. The van der Waals surface area contributed by atoms with Crippen LogP contribution in [0.3, 0.4) is 0 Å². The SMILES string of the molecule is C=C(C(=O)OC)c1cc(Oc2c(Cl)cc(C(F)(F)F)c(F)c2Cl)ccc1Cl. The second-order valence-electron chi connectivity index (χ2n) is 5.07. The number of benzene rings is 2. The maximum absolute atomic E-state index is 14.0. The third-order valence-corrected chi connectivity index (χ3v) is 4.28. The van der Waals surface area contributed by atoms with Gasteiger partial charge in [-0.15, -0.1) is 0 Å². The van der Waals surface area contributed by atoms with E-state index < -0.39 is 39.3 Å². The Labute approximate surface area is 166 Å². The van der Waals surface area contributed by atoms with Gasteiger partial charge >= 0.3 is 12.1 Å². The van der Waals surface area contributed by atoms with Crippen LogP contribution < -0.4 is 4.74 Å². The molecule has 0 unspecified atom stereocenters. The van der Waals surface area contributed by atoms with Crippen LogP contribution in [0.25, 0.3) is 5.57 Å². The summed E-state index contributed by atoms with van der Waals surface area (Å²) in [5.74, 6) is -3.04. The van der Waals surface area contributed by atoms with E-state index in [4.69, 9.17) is 39.5 Å². The van der Waals surface area contributed by atoms with Gasteiger partial charge in [-0.2, -0.15) is 13.2 Å². The Bertz CT molecular complexity index is 927. The molecule has 10 heteroatoms. The average molecular weight is 444 g/mol. The molecule has 3 nitrogen and oxygen atoms in total. The molecule has 2 aromatic rings. The van der Waals surface area contributed by atoms with Crippen LogP contribution in [0.2, 0.25) is 15.1 Å². The lowest BCUT2D eigenvalue weighted by Gasteiger charge is -2.15. The Hall–Kier alpha value is -1.96. The Kier molecular flexibility index (Phi) is 6.29. The molecular formula is C17H9Cl3F4O3. The summed E-state index contributed by atoms with van der Waals surface area (Å²) in [5.41, 5.74) is -1.58. The van der Waals surface area contributed by atoms with Crippen molar-refractivity contribution in [2.45, 2.75) is 6.18 Å². The molecule has 0 saturated heterocycles. The maximum Gasteiger partial charge on any atom is 0.419 e. The first-order chi connectivity index (χ1) is 12.5. The zero-order valence-electron chi connectivity index (χ0n) is 13.4. The van der Waals surface area contributed by atoms with Gasteiger partial charge < -0.3 is 9.47 Å². The first kappa shape index (κ1) is 21.3. The number of esters is 1. The molecule has 0 aliphatic heterocycles. The van der Waals surface area contributed by atoms with Crippen LogP contribution in [-0.2, 0) is 15.7 Å². The molecular weight excluding hydrogens is 435 g/mol. The van der Waals surface area contributed by atoms with E-state index in [0.717, 1.165) is 7.11 Å². The zero-order valence-corrected chi connectivity index (χ0v) is 15.7. The zero-order chi connectivity index (χ0) is 20.5. The van der Waals surface area contributed by atoms with Gasteiger partial charge in [0.2, 0.25) is 0 Å². The lowest BCUT2D eigenvalue weighted by Crippen LogP contribution is -2.09. The van der Waals surface area contributed by atoms with E-state index in [2.05, 4.69) is 11.3 Å². The Morgan fingerprint density at radius 3 is 2.30 bits per heavy atom. The highest BCUT2D eigenvalue weighted by Crippen LogP contribution is 2.44. The van der Waals surface area contributed by atoms with E-state index in [1.165, 1.54) is 18.2 Å². The number of alkyl halides is 3. The molecule has 2 aromatic carbocycles. The van der Waals surface area contributed by atoms with Crippen LogP contribution in [0.1, 0.15) is 11.1 Å². The highest BCUT2D eigenvalue weighted by Gasteiger charge is 2.37. The maximum atomic E-state index is 14.0. The Morgan fingerprint density at radius 2 is 1.74 bits per heavy atom. The van der Waals surface area contributed by atoms with Crippen molar-refractivity contribution in [2.75, 3.05) is 7.11 Å². The smallest absolute Gasteiger partial charge is 0.419 e. The summed E-state index contributed by atoms with van der Waals surface area (Å²) in [7, 11) is 1.15. The van der Waals surface area contributed by atoms with Crippen molar-refractivity contribution in [1.82, 2.24) is 0 Å². The molecule has 2 rings (SSSR count). The lowest BCUT2D eigenvalue weighted by molar-refractivity contribution is -0.140. The van der Waals surface area contributed by atoms with Gasteiger partial charge in [-0.05, 0) is 24.3 Å². The van der Waals surface area contributed by atoms with Crippen LogP contribution >= 0.6 is 34.8 Å². The van der Waals surface area contributed by atoms with Crippen molar-refractivity contribution in [3.63, 3.8) is 0 Å². The molecule has 0 spiro atoms.